The molecule has 5 heteroatoms. The maximum absolute atomic E-state index is 12.5. The fraction of sp³-hybridized carbons (Fsp3) is 0.667. The van der Waals surface area contributed by atoms with Gasteiger partial charge in [-0.05, 0) is 50.7 Å². The largest absolute Gasteiger partial charge is 0.497 e. The molecule has 0 aliphatic carbocycles. The van der Waals surface area contributed by atoms with Crippen LogP contribution in [0.15, 0.2) is 18.2 Å². The molecule has 2 heterocycles. The van der Waals surface area contributed by atoms with Gasteiger partial charge in [0, 0.05) is 12.0 Å². The van der Waals surface area contributed by atoms with Crippen LogP contribution < -0.4 is 9.47 Å². The zero-order valence-corrected chi connectivity index (χ0v) is 16.3. The summed E-state index contributed by atoms with van der Waals surface area (Å²) >= 11 is 0. The molecule has 2 saturated heterocycles. The third-order valence-corrected chi connectivity index (χ3v) is 6.36. The molecule has 0 aromatic heterocycles. The van der Waals surface area contributed by atoms with E-state index in [4.69, 9.17) is 14.2 Å². The van der Waals surface area contributed by atoms with Crippen LogP contribution in [-0.4, -0.2) is 57.5 Å². The number of piperidine rings is 2. The van der Waals surface area contributed by atoms with E-state index in [0.717, 1.165) is 12.5 Å². The van der Waals surface area contributed by atoms with E-state index in [1.165, 1.54) is 49.7 Å². The molecule has 0 spiro atoms. The lowest BCUT2D eigenvalue weighted by molar-refractivity contribution is -0.947. The minimum Gasteiger partial charge on any atom is -0.497 e. The normalized spacial score (nSPS) is 28.1. The van der Waals surface area contributed by atoms with Gasteiger partial charge in [-0.15, -0.1) is 0 Å². The van der Waals surface area contributed by atoms with Crippen molar-refractivity contribution < 1.29 is 23.5 Å². The van der Waals surface area contributed by atoms with Crippen LogP contribution in [0.5, 0.6) is 11.5 Å². The highest BCUT2D eigenvalue weighted by Crippen LogP contribution is 2.37. The van der Waals surface area contributed by atoms with Gasteiger partial charge in [-0.2, -0.15) is 0 Å². The first-order chi connectivity index (χ1) is 12.6. The van der Waals surface area contributed by atoms with Gasteiger partial charge in [0.25, 0.3) is 0 Å². The summed E-state index contributed by atoms with van der Waals surface area (Å²) in [7, 11) is 5.56. The molecule has 5 nitrogen and oxygen atoms in total. The average molecular weight is 362 g/mol. The number of carbonyl (C=O) groups excluding carboxylic acids is 1. The van der Waals surface area contributed by atoms with Gasteiger partial charge in [-0.1, -0.05) is 0 Å². The molecular weight excluding hydrogens is 330 g/mol. The molecule has 1 aromatic rings. The van der Waals surface area contributed by atoms with Crippen molar-refractivity contribution in [3.63, 3.8) is 0 Å². The minimum absolute atomic E-state index is 0.318. The van der Waals surface area contributed by atoms with Crippen molar-refractivity contribution in [3.05, 3.63) is 23.8 Å². The fourth-order valence-corrected chi connectivity index (χ4v) is 4.92. The van der Waals surface area contributed by atoms with Gasteiger partial charge in [0.1, 0.15) is 17.1 Å². The molecule has 0 radical (unpaired) electrons. The van der Waals surface area contributed by atoms with E-state index >= 15 is 0 Å². The summed E-state index contributed by atoms with van der Waals surface area (Å²) in [6.45, 7) is 3.10. The standard InChI is InChI=1S/C21H32NO4/c1-22-12-5-4-8-19(22)16(7-6-13-22)11-14-26-21(23)18-10-9-17(24-2)15-20(18)25-3/h9-10,15-16,19H,4-8,11-14H2,1-3H3/q+1/t16-,19+,22?/m0/s1. The lowest BCUT2D eigenvalue weighted by Gasteiger charge is -2.51. The number of carbonyl (C=O) groups is 1. The van der Waals surface area contributed by atoms with Gasteiger partial charge in [0.05, 0.1) is 47.0 Å². The second-order valence-corrected chi connectivity index (χ2v) is 7.88. The Bertz CT molecular complexity index is 628. The first-order valence-electron chi connectivity index (χ1n) is 9.81. The number of nitrogens with zero attached hydrogens (tertiary/aromatic N) is 1. The van der Waals surface area contributed by atoms with Crippen molar-refractivity contribution >= 4 is 5.97 Å². The number of benzene rings is 1. The van der Waals surface area contributed by atoms with Gasteiger partial charge in [0.2, 0.25) is 0 Å². The zero-order chi connectivity index (χ0) is 18.6. The summed E-state index contributed by atoms with van der Waals surface area (Å²) in [4.78, 5) is 12.5. The van der Waals surface area contributed by atoms with Gasteiger partial charge >= 0.3 is 5.97 Å². The number of hydrogen-bond acceptors (Lipinski definition) is 4. The molecule has 1 aromatic carbocycles. The fourth-order valence-electron chi connectivity index (χ4n) is 4.92. The van der Waals surface area contributed by atoms with Crippen LogP contribution in [0.2, 0.25) is 0 Å². The quantitative estimate of drug-likeness (QED) is 0.572. The number of quaternary nitrogens is 1. The Hall–Kier alpha value is -1.75. The second-order valence-electron chi connectivity index (χ2n) is 7.88. The van der Waals surface area contributed by atoms with E-state index < -0.39 is 0 Å². The first-order valence-corrected chi connectivity index (χ1v) is 9.81. The molecule has 26 heavy (non-hydrogen) atoms. The molecule has 0 saturated carbocycles. The number of ether oxygens (including phenoxy) is 3. The number of esters is 1. The number of hydrogen-bond donors (Lipinski definition) is 0. The second kappa shape index (κ2) is 8.30. The smallest absolute Gasteiger partial charge is 0.341 e. The van der Waals surface area contributed by atoms with Crippen LogP contribution in [0, 0.1) is 5.92 Å². The minimum atomic E-state index is -0.318. The molecule has 144 valence electrons. The molecule has 2 aliphatic heterocycles. The van der Waals surface area contributed by atoms with Gasteiger partial charge in [-0.25, -0.2) is 4.79 Å². The topological polar surface area (TPSA) is 44.8 Å². The Morgan fingerprint density at radius 2 is 1.92 bits per heavy atom. The van der Waals surface area contributed by atoms with E-state index in [2.05, 4.69) is 7.05 Å². The van der Waals surface area contributed by atoms with Gasteiger partial charge < -0.3 is 18.7 Å². The Morgan fingerprint density at radius 1 is 1.12 bits per heavy atom. The van der Waals surface area contributed by atoms with Crippen LogP contribution >= 0.6 is 0 Å². The monoisotopic (exact) mass is 362 g/mol. The van der Waals surface area contributed by atoms with E-state index in [1.54, 1.807) is 32.4 Å². The Balaban J connectivity index is 1.57. The van der Waals surface area contributed by atoms with Crippen molar-refractivity contribution in [1.29, 1.82) is 0 Å². The molecule has 2 aliphatic rings. The van der Waals surface area contributed by atoms with Crippen molar-refractivity contribution in [2.24, 2.45) is 5.92 Å². The highest BCUT2D eigenvalue weighted by molar-refractivity contribution is 5.92. The number of fused-ring (bicyclic) bond motifs is 1. The molecular formula is C21H32NO4+. The lowest BCUT2D eigenvalue weighted by Crippen LogP contribution is -2.60. The van der Waals surface area contributed by atoms with Crippen molar-refractivity contribution in [2.75, 3.05) is 41.0 Å². The number of rotatable bonds is 6. The SMILES string of the molecule is COc1ccc(C(=O)OCC[C@@H]2CCC[N+]3(C)CCCC[C@H]23)c(OC)c1. The zero-order valence-electron chi connectivity index (χ0n) is 16.3. The summed E-state index contributed by atoms with van der Waals surface area (Å²) in [6.07, 6.45) is 7.54. The van der Waals surface area contributed by atoms with Crippen molar-refractivity contribution in [3.8, 4) is 11.5 Å². The van der Waals surface area contributed by atoms with Gasteiger partial charge in [0.15, 0.2) is 0 Å². The molecule has 1 unspecified atom stereocenters. The molecule has 2 fully saturated rings. The molecule has 0 amide bonds. The first kappa shape index (κ1) is 19.0. The van der Waals surface area contributed by atoms with E-state index in [1.807, 2.05) is 0 Å². The van der Waals surface area contributed by atoms with Crippen LogP contribution in [0.4, 0.5) is 0 Å². The van der Waals surface area contributed by atoms with Crippen molar-refractivity contribution in [1.82, 2.24) is 0 Å². The summed E-state index contributed by atoms with van der Waals surface area (Å²) in [5.74, 6) is 1.50. The third kappa shape index (κ3) is 3.98. The van der Waals surface area contributed by atoms with E-state index in [0.29, 0.717) is 29.6 Å². The molecule has 3 atom stereocenters. The molecule has 3 rings (SSSR count). The predicted molar refractivity (Wildman–Crippen MR) is 101 cm³/mol. The van der Waals surface area contributed by atoms with E-state index in [9.17, 15) is 4.79 Å². The maximum Gasteiger partial charge on any atom is 0.341 e. The summed E-state index contributed by atoms with van der Waals surface area (Å²) in [6, 6.07) is 5.91. The molecule has 0 N–H and O–H groups in total. The Kier molecular flexibility index (Phi) is 6.07. The van der Waals surface area contributed by atoms with Crippen LogP contribution in [-0.2, 0) is 4.74 Å². The highest BCUT2D eigenvalue weighted by Gasteiger charge is 2.43. The lowest BCUT2D eigenvalue weighted by atomic mass is 9.80. The average Bonchev–Trinajstić information content (AvgIpc) is 2.66. The number of methoxy groups -OCH3 is 2. The third-order valence-electron chi connectivity index (χ3n) is 6.36. The molecule has 0 bridgehead atoms. The predicted octanol–water partition coefficient (Wildman–Crippen LogP) is 3.66. The van der Waals surface area contributed by atoms with Crippen molar-refractivity contribution in [2.45, 2.75) is 44.6 Å². The van der Waals surface area contributed by atoms with Crippen LogP contribution in [0.25, 0.3) is 0 Å². The highest BCUT2D eigenvalue weighted by atomic mass is 16.5. The maximum atomic E-state index is 12.5. The Labute approximate surface area is 156 Å². The van der Waals surface area contributed by atoms with Crippen LogP contribution in [0.1, 0.15) is 48.9 Å². The summed E-state index contributed by atoms with van der Waals surface area (Å²) in [5, 5.41) is 0. The van der Waals surface area contributed by atoms with E-state index in [-0.39, 0.29) is 5.97 Å². The van der Waals surface area contributed by atoms with Gasteiger partial charge in [-0.3, -0.25) is 0 Å². The summed E-state index contributed by atoms with van der Waals surface area (Å²) < 4.78 is 17.3. The Morgan fingerprint density at radius 3 is 2.69 bits per heavy atom. The van der Waals surface area contributed by atoms with Crippen LogP contribution in [0.3, 0.4) is 0 Å². The summed E-state index contributed by atoms with van der Waals surface area (Å²) in [5.41, 5.74) is 0.454.